The molecule has 0 radical (unpaired) electrons. The molecule has 0 aliphatic carbocycles. The van der Waals surface area contributed by atoms with E-state index >= 15 is 0 Å². The molecule has 0 atom stereocenters. The van der Waals surface area contributed by atoms with E-state index in [1.807, 2.05) is 0 Å². The molecule has 2 aromatic rings. The van der Waals surface area contributed by atoms with Gasteiger partial charge in [-0.05, 0) is 6.92 Å². The first-order valence-corrected chi connectivity index (χ1v) is 7.62. The van der Waals surface area contributed by atoms with Crippen LogP contribution in [0.1, 0.15) is 16.8 Å². The third-order valence-corrected chi connectivity index (χ3v) is 2.50. The van der Waals surface area contributed by atoms with Gasteiger partial charge in [0.15, 0.2) is 0 Å². The van der Waals surface area contributed by atoms with Crippen LogP contribution < -0.4 is 10.4 Å². The third-order valence-electron chi connectivity index (χ3n) is 2.50. The monoisotopic (exact) mass is 419 g/mol. The number of aryl methyl sites for hydroxylation is 1. The van der Waals surface area contributed by atoms with Crippen molar-refractivity contribution in [3.8, 4) is 5.75 Å². The minimum Gasteiger partial charge on any atom is -0.759 e. The summed E-state index contributed by atoms with van der Waals surface area (Å²) in [5, 5.41) is 23.0. The summed E-state index contributed by atoms with van der Waals surface area (Å²) in [5.74, 6) is 0.469. The van der Waals surface area contributed by atoms with Crippen LogP contribution in [0.25, 0.3) is 0 Å². The number of nitrogens with zero attached hydrogens (tertiary/aromatic N) is 3. The van der Waals surface area contributed by atoms with Crippen LogP contribution in [0.5, 0.6) is 5.75 Å². The second-order valence-electron chi connectivity index (χ2n) is 4.20. The number of hydrogen-bond donors (Lipinski definition) is 3. The van der Waals surface area contributed by atoms with Crippen molar-refractivity contribution in [3.05, 3.63) is 41.5 Å². The standard InChI is InChI=1S/C12H13N5O2.Cu.H2O4S/c1-8-11(19)10(9(7-18)5-15-8)6-16-17-12-13-3-2-4-14-12;;1-5(2,3)4/h2-6,18-19H,7H2,1H3,(H,13,14,17);;(H2,1,2,3,4)/q;+1;/p-1/b16-6+;;. The summed E-state index contributed by atoms with van der Waals surface area (Å²) in [6.45, 7) is 1.45. The molecule has 0 saturated carbocycles. The van der Waals surface area contributed by atoms with Crippen LogP contribution in [0.15, 0.2) is 29.8 Å². The summed E-state index contributed by atoms with van der Waals surface area (Å²) in [7, 11) is -5.17. The maximum Gasteiger partial charge on any atom is 1.00 e. The van der Waals surface area contributed by atoms with Crippen molar-refractivity contribution in [2.24, 2.45) is 5.10 Å². The van der Waals surface area contributed by atoms with Gasteiger partial charge in [0.2, 0.25) is 0 Å². The summed E-state index contributed by atoms with van der Waals surface area (Å²) in [4.78, 5) is 10.8. The first kappa shape index (κ1) is 22.8. The van der Waals surface area contributed by atoms with Crippen molar-refractivity contribution >= 4 is 22.6 Å². The van der Waals surface area contributed by atoms with Crippen molar-refractivity contribution in [1.82, 2.24) is 9.97 Å². The van der Waals surface area contributed by atoms with Gasteiger partial charge in [0.1, 0.15) is 11.9 Å². The molecule has 0 unspecified atom stereocenters. The average molecular weight is 420 g/mol. The quantitative estimate of drug-likeness (QED) is 0.182. The fourth-order valence-corrected chi connectivity index (χ4v) is 1.47. The van der Waals surface area contributed by atoms with Crippen LogP contribution in [0.4, 0.5) is 5.95 Å². The van der Waals surface area contributed by atoms with Crippen LogP contribution in [0.2, 0.25) is 0 Å². The van der Waals surface area contributed by atoms with E-state index in [2.05, 4.69) is 25.5 Å². The summed E-state index contributed by atoms with van der Waals surface area (Å²) >= 11 is 0. The Morgan fingerprint density at radius 2 is 2.04 bits per heavy atom. The molecule has 4 N–H and O–H groups in total. The first-order valence-electron chi connectivity index (χ1n) is 6.29. The predicted molar refractivity (Wildman–Crippen MR) is 79.0 cm³/mol. The topological polar surface area (TPSA) is 185 Å². The first-order chi connectivity index (χ1) is 11.2. The number of nitrogens with one attached hydrogen (secondary N) is 2. The molecule has 0 fully saturated rings. The molecule has 25 heavy (non-hydrogen) atoms. The van der Waals surface area contributed by atoms with E-state index in [4.69, 9.17) is 17.5 Å². The van der Waals surface area contributed by atoms with Crippen molar-refractivity contribution in [3.63, 3.8) is 0 Å². The zero-order valence-electron chi connectivity index (χ0n) is 12.7. The molecule has 0 aliphatic heterocycles. The smallest absolute Gasteiger partial charge is 0.759 e. The molecule has 0 saturated heterocycles. The van der Waals surface area contributed by atoms with Gasteiger partial charge < -0.3 is 19.3 Å². The molecule has 11 nitrogen and oxygen atoms in total. The Kier molecular flexibility index (Phi) is 9.74. The number of hydrazone groups is 1. The van der Waals surface area contributed by atoms with Crippen molar-refractivity contribution < 1.29 is 49.8 Å². The Labute approximate surface area is 153 Å². The normalized spacial score (nSPS) is 10.6. The zero-order chi connectivity index (χ0) is 18.2. The Morgan fingerprint density at radius 3 is 2.56 bits per heavy atom. The SMILES string of the molecule is Cc1ncc(CO)c(/C=N/Nc2nccc[nH+]2)c1O.O=S(=O)([O-])[O-].[Cu+]. The number of aliphatic hydroxyl groups is 1. The molecule has 2 heterocycles. The molecule has 0 aliphatic rings. The fourth-order valence-electron chi connectivity index (χ4n) is 1.47. The van der Waals surface area contributed by atoms with Crippen LogP contribution in [-0.2, 0) is 34.1 Å². The van der Waals surface area contributed by atoms with E-state index in [9.17, 15) is 10.2 Å². The Bertz CT molecular complexity index is 795. The minimum absolute atomic E-state index is 0. The largest absolute Gasteiger partial charge is 1.00 e. The number of aliphatic hydroxyl groups excluding tert-OH is 1. The molecule has 13 heteroatoms. The zero-order valence-corrected chi connectivity index (χ0v) is 14.4. The van der Waals surface area contributed by atoms with Gasteiger partial charge in [-0.2, -0.15) is 5.43 Å². The Hall–Kier alpha value is -2.15. The van der Waals surface area contributed by atoms with Crippen molar-refractivity contribution in [1.29, 1.82) is 0 Å². The summed E-state index contributed by atoms with van der Waals surface area (Å²) in [5.41, 5.74) is 4.08. The van der Waals surface area contributed by atoms with Gasteiger partial charge in [-0.1, -0.05) is 4.98 Å². The number of rotatable bonds is 4. The molecular weight excluding hydrogens is 406 g/mol. The van der Waals surface area contributed by atoms with E-state index in [0.29, 0.717) is 22.8 Å². The van der Waals surface area contributed by atoms with Crippen LogP contribution in [0, 0.1) is 6.92 Å². The number of hydrogen-bond acceptors (Lipinski definition) is 10. The number of H-pyrrole nitrogens is 1. The van der Waals surface area contributed by atoms with E-state index in [1.54, 1.807) is 25.4 Å². The fraction of sp³-hybridized carbons (Fsp3) is 0.167. The van der Waals surface area contributed by atoms with E-state index in [1.165, 1.54) is 12.4 Å². The molecule has 0 bridgehead atoms. The number of aromatic amines is 1. The molecule has 2 aromatic heterocycles. The number of pyridine rings is 1. The van der Waals surface area contributed by atoms with Gasteiger partial charge in [-0.25, -0.2) is 4.98 Å². The number of aromatic nitrogens is 3. The second kappa shape index (κ2) is 10.7. The minimum atomic E-state index is -5.17. The molecule has 0 amide bonds. The molecule has 140 valence electrons. The predicted octanol–water partition coefficient (Wildman–Crippen LogP) is -1.10. The van der Waals surface area contributed by atoms with E-state index in [0.717, 1.165) is 0 Å². The Balaban J connectivity index is 0.000000848. The van der Waals surface area contributed by atoms with Crippen molar-refractivity contribution in [2.45, 2.75) is 13.5 Å². The van der Waals surface area contributed by atoms with Crippen LogP contribution in [0.3, 0.4) is 0 Å². The molecular formula is C12H14CuN5O6S. The van der Waals surface area contributed by atoms with Gasteiger partial charge in [0.05, 0.1) is 24.7 Å². The van der Waals surface area contributed by atoms with Gasteiger partial charge in [0.25, 0.3) is 0 Å². The average Bonchev–Trinajstić information content (AvgIpc) is 2.51. The van der Waals surface area contributed by atoms with Gasteiger partial charge in [0, 0.05) is 33.8 Å². The van der Waals surface area contributed by atoms with E-state index in [-0.39, 0.29) is 29.4 Å². The molecule has 2 rings (SSSR count). The number of aromatic hydroxyl groups is 1. The summed E-state index contributed by atoms with van der Waals surface area (Å²) in [6.07, 6.45) is 6.24. The summed E-state index contributed by atoms with van der Waals surface area (Å²) in [6, 6.07) is 1.75. The molecule has 0 aromatic carbocycles. The van der Waals surface area contributed by atoms with Gasteiger partial charge >= 0.3 is 23.0 Å². The van der Waals surface area contributed by atoms with Gasteiger partial charge in [-0.15, -0.1) is 5.10 Å². The summed E-state index contributed by atoms with van der Waals surface area (Å²) < 4.78 is 34.1. The van der Waals surface area contributed by atoms with E-state index < -0.39 is 10.4 Å². The van der Waals surface area contributed by atoms with Gasteiger partial charge in [-0.3, -0.25) is 13.4 Å². The van der Waals surface area contributed by atoms with Crippen molar-refractivity contribution in [2.75, 3.05) is 5.43 Å². The number of anilines is 1. The third kappa shape index (κ3) is 9.05. The maximum absolute atomic E-state index is 9.89. The second-order valence-corrected chi connectivity index (χ2v) is 5.01. The van der Waals surface area contributed by atoms with Crippen LogP contribution >= 0.6 is 0 Å². The maximum atomic E-state index is 9.89. The Morgan fingerprint density at radius 1 is 1.40 bits per heavy atom. The molecule has 0 spiro atoms. The van der Waals surface area contributed by atoms with Crippen LogP contribution in [-0.4, -0.2) is 43.9 Å².